The molecule has 15 heterocycles. The van der Waals surface area contributed by atoms with Crippen molar-refractivity contribution in [2.75, 3.05) is 0 Å². The van der Waals surface area contributed by atoms with Crippen molar-refractivity contribution >= 4 is 98.7 Å². The lowest BCUT2D eigenvalue weighted by Crippen LogP contribution is -2.01. The topological polar surface area (TPSA) is 248 Å². The summed E-state index contributed by atoms with van der Waals surface area (Å²) >= 11 is 0. The molecule has 0 aliphatic rings. The molecule has 0 N–H and O–H groups in total. The van der Waals surface area contributed by atoms with Crippen molar-refractivity contribution in [1.29, 1.82) is 0 Å². The second-order valence-corrected chi connectivity index (χ2v) is 33.1. The predicted octanol–water partition coefficient (Wildman–Crippen LogP) is 27.5. The second kappa shape index (κ2) is 34.7. The first-order valence-electron chi connectivity index (χ1n) is 45.0. The maximum atomic E-state index is 6.48. The van der Waals surface area contributed by atoms with E-state index < -0.39 is 0 Å². The van der Waals surface area contributed by atoms with Crippen LogP contribution in [0, 0.1) is 0 Å². The SMILES string of the molecule is c1ccc(-c2nc3ccc4c(c5ccccc5n4-c4ccc(-c5cc(-c6ccncc6)cc(-c6ccncc6)n5)cc4)c3o2)cc1.c1ccc(-c2nc3ccc4c(c5ccccc5n4-c4cccc(-c5cc(-c6ccncc6)nc(-c6ccncc6)n5)c4)c3o2)cc1.c1ccc(-c2nc3ccc4c(c5ccccc5n4-c4cccc(-c5nc(-c6ccncc6)nc(-c6ccncc6)n5)c4)c3o2)cc1. The maximum Gasteiger partial charge on any atom is 0.227 e. The van der Waals surface area contributed by atoms with Crippen LogP contribution in [-0.2, 0) is 0 Å². The molecule has 0 bridgehead atoms. The number of nitrogens with zero attached hydrogens (tertiary/aromatic N) is 18. The normalized spacial score (nSPS) is 11.5. The molecule has 0 atom stereocenters. The number of para-hydroxylation sites is 3. The van der Waals surface area contributed by atoms with E-state index in [2.05, 4.69) is 207 Å². The minimum absolute atomic E-state index is 0.571. The standard InChI is InChI=1S/C40H25N5O.C39H24N6O.C38H23N7O/c1-2-6-29(7-3-1)40-44-33-14-15-37-38(39(33)46-40)32-8-4-5-9-36(32)45(37)31-12-10-27(11-13-31)34-24-30(26-16-20-41-21-17-26)25-35(43-34)28-18-22-42-23-19-28;1-2-7-27(8-3-1)39-44-31-13-14-35-36(37(31)46-39)30-11-4-5-12-34(30)45(35)29-10-6-9-28(23-29)33-24-32(25-15-19-40-20-16-25)42-38(43-33)26-17-21-41-22-18-26;1-2-7-26(8-3-1)38-41-30-13-14-32-33(34(30)46-38)29-11-4-5-12-31(29)45(32)28-10-6-9-27(23-28)37-43-35(24-15-19-39-20-16-24)42-36(44-37)25-17-21-40-22-18-25/h1-25H;1-24H;1-23H. The summed E-state index contributed by atoms with van der Waals surface area (Å²) in [6, 6.07) is 123. The van der Waals surface area contributed by atoms with Gasteiger partial charge < -0.3 is 27.0 Å². The van der Waals surface area contributed by atoms with E-state index in [1.807, 2.05) is 213 Å². The van der Waals surface area contributed by atoms with Gasteiger partial charge in [0, 0.05) is 169 Å². The number of hydrogen-bond acceptors (Lipinski definition) is 18. The third-order valence-corrected chi connectivity index (χ3v) is 24.8. The van der Waals surface area contributed by atoms with Crippen molar-refractivity contribution < 1.29 is 13.3 Å². The second-order valence-electron chi connectivity index (χ2n) is 33.1. The molecule has 21 nitrogen and oxygen atoms in total. The molecule has 27 rings (SSSR count). The molecule has 0 radical (unpaired) electrons. The molecular formula is C117H72N18O3. The number of oxazole rings is 3. The zero-order chi connectivity index (χ0) is 91.4. The van der Waals surface area contributed by atoms with Gasteiger partial charge in [-0.1, -0.05) is 146 Å². The summed E-state index contributed by atoms with van der Waals surface area (Å²) in [6.07, 6.45) is 21.3. The van der Waals surface area contributed by atoms with Crippen LogP contribution in [0.4, 0.5) is 0 Å². The molecule has 0 aliphatic heterocycles. The van der Waals surface area contributed by atoms with Gasteiger partial charge in [0.1, 0.15) is 16.6 Å². The van der Waals surface area contributed by atoms with Crippen molar-refractivity contribution in [2.45, 2.75) is 0 Å². The first-order chi connectivity index (χ1) is 68.4. The van der Waals surface area contributed by atoms with Crippen molar-refractivity contribution in [3.05, 3.63) is 438 Å². The minimum Gasteiger partial charge on any atom is -0.435 e. The van der Waals surface area contributed by atoms with Gasteiger partial charge in [-0.3, -0.25) is 29.9 Å². The van der Waals surface area contributed by atoms with Crippen LogP contribution in [-0.4, -0.2) is 88.5 Å². The molecule has 0 aliphatic carbocycles. The smallest absolute Gasteiger partial charge is 0.227 e. The van der Waals surface area contributed by atoms with Crippen LogP contribution >= 0.6 is 0 Å². The number of benzene rings is 12. The monoisotopic (exact) mass is 1780 g/mol. The highest BCUT2D eigenvalue weighted by Gasteiger charge is 2.26. The summed E-state index contributed by atoms with van der Waals surface area (Å²) in [4.78, 5) is 69.3. The lowest BCUT2D eigenvalue weighted by Gasteiger charge is -2.12. The van der Waals surface area contributed by atoms with Crippen LogP contribution in [0.5, 0.6) is 0 Å². The van der Waals surface area contributed by atoms with E-state index in [0.29, 0.717) is 41.0 Å². The molecule has 0 fully saturated rings. The van der Waals surface area contributed by atoms with Crippen LogP contribution in [0.15, 0.2) is 452 Å². The minimum atomic E-state index is 0.571. The highest BCUT2D eigenvalue weighted by molar-refractivity contribution is 6.22. The van der Waals surface area contributed by atoms with Gasteiger partial charge in [0.15, 0.2) is 40.0 Å². The van der Waals surface area contributed by atoms with Crippen molar-refractivity contribution in [1.82, 2.24) is 88.5 Å². The number of pyridine rings is 7. The fourth-order valence-corrected chi connectivity index (χ4v) is 18.4. The van der Waals surface area contributed by atoms with Crippen LogP contribution in [0.1, 0.15) is 0 Å². The fraction of sp³-hybridized carbons (Fsp3) is 0. The Labute approximate surface area is 786 Å². The molecule has 0 saturated carbocycles. The first-order valence-corrected chi connectivity index (χ1v) is 45.0. The maximum absolute atomic E-state index is 6.48. The molecule has 21 heteroatoms. The molecule has 15 aromatic heterocycles. The van der Waals surface area contributed by atoms with E-state index in [0.717, 1.165) is 211 Å². The van der Waals surface area contributed by atoms with Gasteiger partial charge in [-0.05, 0) is 230 Å². The third kappa shape index (κ3) is 15.0. The summed E-state index contributed by atoms with van der Waals surface area (Å²) < 4.78 is 26.2. The van der Waals surface area contributed by atoms with Crippen LogP contribution < -0.4 is 0 Å². The van der Waals surface area contributed by atoms with Crippen LogP contribution in [0.2, 0.25) is 0 Å². The Bertz CT molecular complexity index is 8720. The molecule has 12 aromatic carbocycles. The van der Waals surface area contributed by atoms with E-state index in [-0.39, 0.29) is 0 Å². The van der Waals surface area contributed by atoms with Crippen molar-refractivity contribution in [2.24, 2.45) is 0 Å². The van der Waals surface area contributed by atoms with Gasteiger partial charge in [-0.15, -0.1) is 0 Å². The van der Waals surface area contributed by atoms with Gasteiger partial charge in [0.05, 0.1) is 72.0 Å². The van der Waals surface area contributed by atoms with E-state index in [4.69, 9.17) is 58.1 Å². The van der Waals surface area contributed by atoms with Gasteiger partial charge in [-0.25, -0.2) is 44.9 Å². The predicted molar refractivity (Wildman–Crippen MR) is 544 cm³/mol. The van der Waals surface area contributed by atoms with Gasteiger partial charge in [0.2, 0.25) is 17.7 Å². The van der Waals surface area contributed by atoms with E-state index in [1.165, 1.54) is 0 Å². The van der Waals surface area contributed by atoms with Gasteiger partial charge in [-0.2, -0.15) is 0 Å². The fourth-order valence-electron chi connectivity index (χ4n) is 18.4. The van der Waals surface area contributed by atoms with E-state index >= 15 is 0 Å². The summed E-state index contributed by atoms with van der Waals surface area (Å²) in [7, 11) is 0. The van der Waals surface area contributed by atoms with Crippen molar-refractivity contribution in [3.8, 4) is 153 Å². The Morgan fingerprint density at radius 2 is 0.464 bits per heavy atom. The molecule has 138 heavy (non-hydrogen) atoms. The number of fused-ring (bicyclic) bond motifs is 15. The average Bonchev–Trinajstić information content (AvgIpc) is 1.58. The molecule has 27 aromatic rings. The van der Waals surface area contributed by atoms with Gasteiger partial charge >= 0.3 is 0 Å². The van der Waals surface area contributed by atoms with Crippen LogP contribution in [0.25, 0.3) is 252 Å². The third-order valence-electron chi connectivity index (χ3n) is 24.8. The van der Waals surface area contributed by atoms with Gasteiger partial charge in [0.25, 0.3) is 0 Å². The first kappa shape index (κ1) is 80.7. The Morgan fingerprint density at radius 3 is 0.855 bits per heavy atom. The number of aromatic nitrogens is 18. The molecule has 648 valence electrons. The zero-order valence-corrected chi connectivity index (χ0v) is 73.3. The molecule has 0 spiro atoms. The number of hydrogen-bond donors (Lipinski definition) is 0. The Morgan fingerprint density at radius 1 is 0.167 bits per heavy atom. The Kier molecular flexibility index (Phi) is 20.3. The average molecular weight is 1780 g/mol. The van der Waals surface area contributed by atoms with E-state index in [1.54, 1.807) is 62.0 Å². The number of rotatable bonds is 15. The molecule has 0 amide bonds. The summed E-state index contributed by atoms with van der Waals surface area (Å²) in [5.74, 6) is 4.19. The highest BCUT2D eigenvalue weighted by Crippen LogP contribution is 2.45. The van der Waals surface area contributed by atoms with E-state index in [9.17, 15) is 0 Å². The quantitative estimate of drug-likeness (QED) is 0.0925. The summed E-state index contributed by atoms with van der Waals surface area (Å²) in [5.41, 5.74) is 30.2. The highest BCUT2D eigenvalue weighted by atomic mass is 16.4. The van der Waals surface area contributed by atoms with Crippen molar-refractivity contribution in [3.63, 3.8) is 0 Å². The molecule has 0 unspecified atom stereocenters. The summed E-state index contributed by atoms with van der Waals surface area (Å²) in [6.45, 7) is 0. The Balaban J connectivity index is 0.000000110. The molecular weight excluding hydrogens is 1710 g/mol. The van der Waals surface area contributed by atoms with Crippen LogP contribution in [0.3, 0.4) is 0 Å². The largest absolute Gasteiger partial charge is 0.435 e. The lowest BCUT2D eigenvalue weighted by molar-refractivity contribution is 0.622. The molecule has 0 saturated heterocycles. The Hall–Kier alpha value is -19.4. The summed E-state index contributed by atoms with van der Waals surface area (Å²) in [5, 5.41) is 6.43. The zero-order valence-electron chi connectivity index (χ0n) is 73.3. The lowest BCUT2D eigenvalue weighted by atomic mass is 10.0.